The summed E-state index contributed by atoms with van der Waals surface area (Å²) < 4.78 is 0. The Labute approximate surface area is 106 Å². The number of amides is 1. The van der Waals surface area contributed by atoms with Crippen LogP contribution in [0.15, 0.2) is 12.4 Å². The molecule has 0 bridgehead atoms. The van der Waals surface area contributed by atoms with Gasteiger partial charge in [-0.3, -0.25) is 4.79 Å². The molecule has 98 valence electrons. The summed E-state index contributed by atoms with van der Waals surface area (Å²) in [5, 5.41) is 9.04. The zero-order valence-corrected chi connectivity index (χ0v) is 10.2. The van der Waals surface area contributed by atoms with E-state index in [9.17, 15) is 4.79 Å². The van der Waals surface area contributed by atoms with E-state index in [0.29, 0.717) is 17.9 Å². The van der Waals surface area contributed by atoms with Crippen molar-refractivity contribution in [2.24, 2.45) is 0 Å². The van der Waals surface area contributed by atoms with Gasteiger partial charge in [-0.2, -0.15) is 0 Å². The second kappa shape index (κ2) is 5.77. The predicted molar refractivity (Wildman–Crippen MR) is 66.8 cm³/mol. The Kier molecular flexibility index (Phi) is 4.09. The molecule has 1 saturated heterocycles. The summed E-state index contributed by atoms with van der Waals surface area (Å²) in [6, 6.07) is 0.107. The molecule has 1 aromatic heterocycles. The van der Waals surface area contributed by atoms with Crippen molar-refractivity contribution in [3.63, 3.8) is 0 Å². The molecule has 0 saturated carbocycles. The fourth-order valence-corrected chi connectivity index (χ4v) is 2.31. The minimum atomic E-state index is -0.124. The number of nitrogens with two attached hydrogens (primary N) is 1. The van der Waals surface area contributed by atoms with Crippen molar-refractivity contribution in [2.75, 3.05) is 18.9 Å². The summed E-state index contributed by atoms with van der Waals surface area (Å²) in [5.41, 5.74) is 5.76. The first-order valence-corrected chi connectivity index (χ1v) is 6.21. The molecule has 1 aromatic rings. The van der Waals surface area contributed by atoms with E-state index in [1.54, 1.807) is 4.90 Å². The molecule has 0 aromatic carbocycles. The smallest absolute Gasteiger partial charge is 0.274 e. The zero-order valence-electron chi connectivity index (χ0n) is 10.2. The summed E-state index contributed by atoms with van der Waals surface area (Å²) in [4.78, 5) is 22.0. The number of hydrogen-bond donors (Lipinski definition) is 2. The van der Waals surface area contributed by atoms with E-state index in [1.807, 2.05) is 0 Å². The summed E-state index contributed by atoms with van der Waals surface area (Å²) in [6.07, 6.45) is 6.45. The van der Waals surface area contributed by atoms with Crippen molar-refractivity contribution >= 4 is 11.7 Å². The molecule has 0 spiro atoms. The number of likely N-dealkylation sites (tertiary alicyclic amines) is 1. The van der Waals surface area contributed by atoms with Gasteiger partial charge in [0.25, 0.3) is 5.91 Å². The van der Waals surface area contributed by atoms with Gasteiger partial charge >= 0.3 is 0 Å². The number of hydrogen-bond acceptors (Lipinski definition) is 5. The molecule has 1 aliphatic heterocycles. The number of piperidine rings is 1. The number of rotatable bonds is 3. The summed E-state index contributed by atoms with van der Waals surface area (Å²) >= 11 is 0. The van der Waals surface area contributed by atoms with Crippen LogP contribution in [-0.2, 0) is 0 Å². The summed E-state index contributed by atoms with van der Waals surface area (Å²) in [7, 11) is 0. The fourth-order valence-electron chi connectivity index (χ4n) is 2.31. The second-order valence-corrected chi connectivity index (χ2v) is 4.49. The number of aliphatic hydroxyl groups is 1. The van der Waals surface area contributed by atoms with Crippen LogP contribution in [0, 0.1) is 0 Å². The van der Waals surface area contributed by atoms with Gasteiger partial charge in [-0.1, -0.05) is 0 Å². The highest BCUT2D eigenvalue weighted by atomic mass is 16.3. The molecule has 1 aliphatic rings. The maximum Gasteiger partial charge on any atom is 0.274 e. The van der Waals surface area contributed by atoms with E-state index in [1.165, 1.54) is 12.4 Å². The highest BCUT2D eigenvalue weighted by Gasteiger charge is 2.27. The SMILES string of the molecule is Nc1cnc(C(=O)N2CCCCC2CCO)cn1. The van der Waals surface area contributed by atoms with Crippen LogP contribution < -0.4 is 5.73 Å². The number of nitrogen functional groups attached to an aromatic ring is 1. The Hall–Kier alpha value is -1.69. The minimum Gasteiger partial charge on any atom is -0.396 e. The summed E-state index contributed by atoms with van der Waals surface area (Å²) in [5.74, 6) is 0.178. The van der Waals surface area contributed by atoms with Crippen LogP contribution in [0.2, 0.25) is 0 Å². The Morgan fingerprint density at radius 3 is 2.94 bits per heavy atom. The van der Waals surface area contributed by atoms with Gasteiger partial charge in [0.1, 0.15) is 11.5 Å². The van der Waals surface area contributed by atoms with Gasteiger partial charge in [0, 0.05) is 19.2 Å². The minimum absolute atomic E-state index is 0.0991. The van der Waals surface area contributed by atoms with Crippen LogP contribution in [0.1, 0.15) is 36.2 Å². The Morgan fingerprint density at radius 1 is 1.44 bits per heavy atom. The highest BCUT2D eigenvalue weighted by Crippen LogP contribution is 2.21. The number of carbonyl (C=O) groups is 1. The van der Waals surface area contributed by atoms with Crippen molar-refractivity contribution in [1.82, 2.24) is 14.9 Å². The normalized spacial score (nSPS) is 19.8. The average molecular weight is 250 g/mol. The lowest BCUT2D eigenvalue weighted by atomic mass is 9.99. The van der Waals surface area contributed by atoms with E-state index < -0.39 is 0 Å². The van der Waals surface area contributed by atoms with Crippen LogP contribution in [0.25, 0.3) is 0 Å². The number of nitrogens with zero attached hydrogens (tertiary/aromatic N) is 3. The predicted octanol–water partition coefficient (Wildman–Crippen LogP) is 0.436. The molecule has 1 unspecified atom stereocenters. The molecule has 6 nitrogen and oxygen atoms in total. The van der Waals surface area contributed by atoms with E-state index in [2.05, 4.69) is 9.97 Å². The Balaban J connectivity index is 2.12. The molecule has 2 heterocycles. The monoisotopic (exact) mass is 250 g/mol. The first-order chi connectivity index (χ1) is 8.72. The van der Waals surface area contributed by atoms with Crippen molar-refractivity contribution in [3.05, 3.63) is 18.1 Å². The third-order valence-electron chi connectivity index (χ3n) is 3.24. The van der Waals surface area contributed by atoms with Crippen molar-refractivity contribution < 1.29 is 9.90 Å². The second-order valence-electron chi connectivity index (χ2n) is 4.49. The largest absolute Gasteiger partial charge is 0.396 e. The number of carbonyl (C=O) groups excluding carboxylic acids is 1. The van der Waals surface area contributed by atoms with Crippen LogP contribution in [-0.4, -0.2) is 45.1 Å². The lowest BCUT2D eigenvalue weighted by Gasteiger charge is -2.35. The van der Waals surface area contributed by atoms with Gasteiger partial charge in [0.05, 0.1) is 12.4 Å². The zero-order chi connectivity index (χ0) is 13.0. The molecule has 3 N–H and O–H groups in total. The average Bonchev–Trinajstić information content (AvgIpc) is 2.40. The fraction of sp³-hybridized carbons (Fsp3) is 0.583. The van der Waals surface area contributed by atoms with Crippen molar-refractivity contribution in [2.45, 2.75) is 31.7 Å². The van der Waals surface area contributed by atoms with Crippen molar-refractivity contribution in [1.29, 1.82) is 0 Å². The molecule has 6 heteroatoms. The maximum atomic E-state index is 12.3. The van der Waals surface area contributed by atoms with E-state index >= 15 is 0 Å². The quantitative estimate of drug-likeness (QED) is 0.811. The van der Waals surface area contributed by atoms with E-state index in [0.717, 1.165) is 25.8 Å². The molecule has 1 fully saturated rings. The first-order valence-electron chi connectivity index (χ1n) is 6.21. The van der Waals surface area contributed by atoms with Gasteiger partial charge in [-0.05, 0) is 25.7 Å². The molecule has 0 radical (unpaired) electrons. The van der Waals surface area contributed by atoms with Crippen LogP contribution >= 0.6 is 0 Å². The first kappa shape index (κ1) is 12.8. The third-order valence-corrected chi connectivity index (χ3v) is 3.24. The molecule has 18 heavy (non-hydrogen) atoms. The number of aliphatic hydroxyl groups excluding tert-OH is 1. The number of aromatic nitrogens is 2. The number of anilines is 1. The lowest BCUT2D eigenvalue weighted by molar-refractivity contribution is 0.0568. The van der Waals surface area contributed by atoms with Gasteiger partial charge < -0.3 is 15.7 Å². The van der Waals surface area contributed by atoms with Crippen LogP contribution in [0.3, 0.4) is 0 Å². The molecular weight excluding hydrogens is 232 g/mol. The third kappa shape index (κ3) is 2.76. The molecule has 1 amide bonds. The summed E-state index contributed by atoms with van der Waals surface area (Å²) in [6.45, 7) is 0.817. The molecule has 1 atom stereocenters. The van der Waals surface area contributed by atoms with Crippen LogP contribution in [0.4, 0.5) is 5.82 Å². The van der Waals surface area contributed by atoms with Gasteiger partial charge in [-0.25, -0.2) is 9.97 Å². The maximum absolute atomic E-state index is 12.3. The van der Waals surface area contributed by atoms with Crippen LogP contribution in [0.5, 0.6) is 0 Å². The molecular formula is C12H18N4O2. The van der Waals surface area contributed by atoms with Gasteiger partial charge in [0.2, 0.25) is 0 Å². The van der Waals surface area contributed by atoms with E-state index in [4.69, 9.17) is 10.8 Å². The standard InChI is InChI=1S/C12H18N4O2/c13-11-8-14-10(7-15-11)12(18)16-5-2-1-3-9(16)4-6-17/h7-9,17H,1-6H2,(H2,13,15). The Morgan fingerprint density at radius 2 is 2.28 bits per heavy atom. The van der Waals surface area contributed by atoms with Crippen molar-refractivity contribution in [3.8, 4) is 0 Å². The molecule has 2 rings (SSSR count). The van der Waals surface area contributed by atoms with E-state index in [-0.39, 0.29) is 18.6 Å². The van der Waals surface area contributed by atoms with Gasteiger partial charge in [-0.15, -0.1) is 0 Å². The highest BCUT2D eigenvalue weighted by molar-refractivity contribution is 5.92. The topological polar surface area (TPSA) is 92.3 Å². The lowest BCUT2D eigenvalue weighted by Crippen LogP contribution is -2.44. The molecule has 0 aliphatic carbocycles. The Bertz CT molecular complexity index is 405. The van der Waals surface area contributed by atoms with Gasteiger partial charge in [0.15, 0.2) is 0 Å².